The molecular formula is C28H33N3O5S. The zero-order valence-electron chi connectivity index (χ0n) is 21.9. The van der Waals surface area contributed by atoms with E-state index >= 15 is 0 Å². The summed E-state index contributed by atoms with van der Waals surface area (Å²) in [6, 6.07) is 11.6. The molecule has 1 amide bonds. The van der Waals surface area contributed by atoms with E-state index in [4.69, 9.17) is 9.26 Å². The van der Waals surface area contributed by atoms with Crippen molar-refractivity contribution in [3.63, 3.8) is 0 Å². The minimum absolute atomic E-state index is 0.0375. The molecule has 2 aromatic carbocycles. The highest BCUT2D eigenvalue weighted by atomic mass is 32.2. The molecule has 0 radical (unpaired) electrons. The Kier molecular flexibility index (Phi) is 7.85. The summed E-state index contributed by atoms with van der Waals surface area (Å²) in [5.41, 5.74) is 4.98. The summed E-state index contributed by atoms with van der Waals surface area (Å²) in [5, 5.41) is 6.86. The molecule has 1 aromatic heterocycles. The number of ether oxygens (including phenoxy) is 1. The number of rotatable bonds is 7. The van der Waals surface area contributed by atoms with Crippen molar-refractivity contribution >= 4 is 33.8 Å². The Morgan fingerprint density at radius 3 is 2.59 bits per heavy atom. The average Bonchev–Trinajstić information content (AvgIpc) is 3.25. The maximum Gasteiger partial charge on any atom is 0.248 e. The lowest BCUT2D eigenvalue weighted by Crippen LogP contribution is -2.44. The van der Waals surface area contributed by atoms with Crippen molar-refractivity contribution in [2.45, 2.75) is 45.4 Å². The van der Waals surface area contributed by atoms with Crippen LogP contribution in [0.25, 0.3) is 12.2 Å². The van der Waals surface area contributed by atoms with Gasteiger partial charge >= 0.3 is 0 Å². The molecule has 0 bridgehead atoms. The fourth-order valence-corrected chi connectivity index (χ4v) is 6.34. The number of carbonyl (C=O) groups excluding carboxylic acids is 1. The van der Waals surface area contributed by atoms with Gasteiger partial charge in [-0.1, -0.05) is 41.1 Å². The van der Waals surface area contributed by atoms with Crippen LogP contribution in [-0.2, 0) is 14.8 Å². The molecule has 37 heavy (non-hydrogen) atoms. The van der Waals surface area contributed by atoms with Gasteiger partial charge in [-0.15, -0.1) is 0 Å². The minimum Gasteiger partial charge on any atom is -0.495 e. The number of nitrogens with zero attached hydrogens (tertiary/aromatic N) is 2. The van der Waals surface area contributed by atoms with Crippen LogP contribution in [0.1, 0.15) is 46.5 Å². The van der Waals surface area contributed by atoms with Crippen LogP contribution in [0.4, 0.5) is 5.69 Å². The van der Waals surface area contributed by atoms with Gasteiger partial charge in [0.25, 0.3) is 0 Å². The predicted molar refractivity (Wildman–Crippen MR) is 144 cm³/mol. The van der Waals surface area contributed by atoms with E-state index in [1.54, 1.807) is 26.2 Å². The molecule has 1 fully saturated rings. The number of aromatic nitrogens is 1. The first kappa shape index (κ1) is 26.6. The molecule has 4 rings (SSSR count). The van der Waals surface area contributed by atoms with E-state index in [2.05, 4.69) is 10.5 Å². The number of hydrogen-bond donors (Lipinski definition) is 1. The van der Waals surface area contributed by atoms with Crippen LogP contribution < -0.4 is 10.1 Å². The Bertz CT molecular complexity index is 1440. The molecular weight excluding hydrogens is 490 g/mol. The summed E-state index contributed by atoms with van der Waals surface area (Å²) in [4.78, 5) is 13.2. The van der Waals surface area contributed by atoms with Crippen molar-refractivity contribution in [2.24, 2.45) is 5.92 Å². The molecule has 1 saturated heterocycles. The summed E-state index contributed by atoms with van der Waals surface area (Å²) in [5.74, 6) is -0.00202. The maximum absolute atomic E-state index is 13.7. The third-order valence-electron chi connectivity index (χ3n) is 6.65. The van der Waals surface area contributed by atoms with Crippen LogP contribution in [0.15, 0.2) is 45.8 Å². The first-order valence-electron chi connectivity index (χ1n) is 12.3. The van der Waals surface area contributed by atoms with Crippen molar-refractivity contribution in [1.82, 2.24) is 9.46 Å². The van der Waals surface area contributed by atoms with Gasteiger partial charge in [0.2, 0.25) is 15.9 Å². The molecule has 8 nitrogen and oxygen atoms in total. The molecule has 0 saturated carbocycles. The number of methoxy groups -OCH3 is 1. The van der Waals surface area contributed by atoms with Crippen LogP contribution in [0.5, 0.6) is 5.75 Å². The van der Waals surface area contributed by atoms with Gasteiger partial charge in [-0.3, -0.25) is 4.79 Å². The molecule has 1 aliphatic heterocycles. The summed E-state index contributed by atoms with van der Waals surface area (Å²) in [6.45, 7) is 7.94. The van der Waals surface area contributed by atoms with Gasteiger partial charge in [0.1, 0.15) is 11.4 Å². The van der Waals surface area contributed by atoms with Gasteiger partial charge < -0.3 is 14.6 Å². The van der Waals surface area contributed by atoms with E-state index in [0.29, 0.717) is 30.8 Å². The SMILES string of the molecule is COc1ccc(C)cc1NC(=O)C1CCCN(S(=O)(=O)c2c(C)noc2/C=C/c2cc(C)ccc2C)C1. The van der Waals surface area contributed by atoms with Crippen molar-refractivity contribution in [3.05, 3.63) is 70.1 Å². The van der Waals surface area contributed by atoms with Crippen LogP contribution in [0, 0.1) is 33.6 Å². The topological polar surface area (TPSA) is 102 Å². The molecule has 9 heteroatoms. The molecule has 0 aliphatic carbocycles. The predicted octanol–water partition coefficient (Wildman–Crippen LogP) is 5.13. The first-order chi connectivity index (χ1) is 17.6. The molecule has 0 spiro atoms. The Morgan fingerprint density at radius 2 is 1.84 bits per heavy atom. The lowest BCUT2D eigenvalue weighted by atomic mass is 9.98. The molecule has 1 N–H and O–H groups in total. The first-order valence-corrected chi connectivity index (χ1v) is 13.7. The summed E-state index contributed by atoms with van der Waals surface area (Å²) < 4.78 is 39.6. The second-order valence-electron chi connectivity index (χ2n) is 9.55. The maximum atomic E-state index is 13.7. The number of aryl methyl sites for hydroxylation is 4. The molecule has 2 heterocycles. The van der Waals surface area contributed by atoms with Crippen LogP contribution in [0.2, 0.25) is 0 Å². The fraction of sp³-hybridized carbons (Fsp3) is 0.357. The summed E-state index contributed by atoms with van der Waals surface area (Å²) in [6.07, 6.45) is 4.64. The van der Waals surface area contributed by atoms with Crippen molar-refractivity contribution in [1.29, 1.82) is 0 Å². The number of nitrogens with one attached hydrogen (secondary N) is 1. The van der Waals surface area contributed by atoms with Gasteiger partial charge in [-0.05, 0) is 75.4 Å². The van der Waals surface area contributed by atoms with Crippen molar-refractivity contribution in [2.75, 3.05) is 25.5 Å². The monoisotopic (exact) mass is 523 g/mol. The lowest BCUT2D eigenvalue weighted by molar-refractivity contribution is -0.120. The highest BCUT2D eigenvalue weighted by Crippen LogP contribution is 2.31. The highest BCUT2D eigenvalue weighted by molar-refractivity contribution is 7.89. The zero-order chi connectivity index (χ0) is 26.7. The number of sulfonamides is 1. The highest BCUT2D eigenvalue weighted by Gasteiger charge is 2.37. The number of piperidine rings is 1. The van der Waals surface area contributed by atoms with Gasteiger partial charge in [0.15, 0.2) is 10.7 Å². The van der Waals surface area contributed by atoms with E-state index in [-0.39, 0.29) is 28.8 Å². The fourth-order valence-electron chi connectivity index (χ4n) is 4.56. The largest absolute Gasteiger partial charge is 0.495 e. The zero-order valence-corrected chi connectivity index (χ0v) is 22.7. The number of hydrogen-bond acceptors (Lipinski definition) is 6. The van der Waals surface area contributed by atoms with Gasteiger partial charge in [0.05, 0.1) is 18.7 Å². The third kappa shape index (κ3) is 5.78. The Morgan fingerprint density at radius 1 is 1.11 bits per heavy atom. The number of benzene rings is 2. The van der Waals surface area contributed by atoms with Crippen molar-refractivity contribution in [3.8, 4) is 5.75 Å². The normalized spacial score (nSPS) is 16.7. The van der Waals surface area contributed by atoms with E-state index in [1.807, 2.05) is 57.2 Å². The van der Waals surface area contributed by atoms with E-state index in [0.717, 1.165) is 22.3 Å². The molecule has 1 atom stereocenters. The quantitative estimate of drug-likeness (QED) is 0.461. The van der Waals surface area contributed by atoms with E-state index in [9.17, 15) is 13.2 Å². The molecule has 3 aromatic rings. The van der Waals surface area contributed by atoms with Gasteiger partial charge in [0, 0.05) is 13.1 Å². The van der Waals surface area contributed by atoms with E-state index < -0.39 is 15.9 Å². The van der Waals surface area contributed by atoms with Crippen LogP contribution in [0.3, 0.4) is 0 Å². The van der Waals surface area contributed by atoms with Crippen molar-refractivity contribution < 1.29 is 22.5 Å². The number of anilines is 1. The molecule has 196 valence electrons. The standard InChI is InChI=1S/C28H33N3O5S/c1-18-8-10-20(3)22(15-18)11-13-26-27(21(4)30-36-26)37(33,34)31-14-6-7-23(17-31)28(32)29-24-16-19(2)9-12-25(24)35-5/h8-13,15-16,23H,6-7,14,17H2,1-5H3,(H,29,32)/b13-11+. The van der Waals surface area contributed by atoms with Crippen LogP contribution in [-0.4, -0.2) is 44.0 Å². The van der Waals surface area contributed by atoms with Gasteiger partial charge in [-0.25, -0.2) is 8.42 Å². The number of amides is 1. The molecule has 1 aliphatic rings. The second-order valence-corrected chi connectivity index (χ2v) is 11.4. The second kappa shape index (κ2) is 10.9. The average molecular weight is 524 g/mol. The Balaban J connectivity index is 1.56. The molecule has 1 unspecified atom stereocenters. The van der Waals surface area contributed by atoms with Crippen LogP contribution >= 0.6 is 0 Å². The van der Waals surface area contributed by atoms with E-state index in [1.165, 1.54) is 4.31 Å². The Hall–Kier alpha value is -3.43. The lowest BCUT2D eigenvalue weighted by Gasteiger charge is -2.31. The Labute approximate surface area is 218 Å². The smallest absolute Gasteiger partial charge is 0.248 e. The number of carbonyl (C=O) groups is 1. The third-order valence-corrected chi connectivity index (χ3v) is 8.67. The van der Waals surface area contributed by atoms with Gasteiger partial charge in [-0.2, -0.15) is 4.31 Å². The summed E-state index contributed by atoms with van der Waals surface area (Å²) in [7, 11) is -2.40. The minimum atomic E-state index is -3.94. The summed E-state index contributed by atoms with van der Waals surface area (Å²) >= 11 is 0.